The summed E-state index contributed by atoms with van der Waals surface area (Å²) in [4.78, 5) is 42.2. The van der Waals surface area contributed by atoms with E-state index in [1.54, 1.807) is 30.6 Å². The SMILES string of the molecule is COc1ccc(C(O)=C2C(=O)C(=O)N(Cc3cccnc3)[C@H]2c2ccc([N+](=O)[O-])cc2)cc1OC. The minimum Gasteiger partial charge on any atom is -0.507 e. The van der Waals surface area contributed by atoms with Crippen molar-refractivity contribution in [1.82, 2.24) is 9.88 Å². The first-order valence-electron chi connectivity index (χ1n) is 10.5. The summed E-state index contributed by atoms with van der Waals surface area (Å²) in [5, 5.41) is 22.3. The number of rotatable bonds is 7. The van der Waals surface area contributed by atoms with Crippen molar-refractivity contribution in [1.29, 1.82) is 0 Å². The maximum Gasteiger partial charge on any atom is 0.295 e. The van der Waals surface area contributed by atoms with E-state index in [1.807, 2.05) is 0 Å². The van der Waals surface area contributed by atoms with Gasteiger partial charge < -0.3 is 19.5 Å². The molecule has 1 amide bonds. The molecule has 1 aliphatic heterocycles. The summed E-state index contributed by atoms with van der Waals surface area (Å²) < 4.78 is 10.5. The molecular weight excluding hydrogens is 454 g/mol. The molecule has 2 heterocycles. The van der Waals surface area contributed by atoms with E-state index >= 15 is 0 Å². The van der Waals surface area contributed by atoms with Gasteiger partial charge in [-0.2, -0.15) is 0 Å². The molecular formula is C25H21N3O7. The van der Waals surface area contributed by atoms with E-state index in [0.717, 1.165) is 0 Å². The highest BCUT2D eigenvalue weighted by atomic mass is 16.6. The van der Waals surface area contributed by atoms with Gasteiger partial charge in [-0.1, -0.05) is 6.07 Å². The number of nitrogens with zero attached hydrogens (tertiary/aromatic N) is 3. The van der Waals surface area contributed by atoms with Gasteiger partial charge in [0.15, 0.2) is 11.5 Å². The number of aromatic nitrogens is 1. The van der Waals surface area contributed by atoms with E-state index in [2.05, 4.69) is 4.98 Å². The molecule has 2 aromatic carbocycles. The maximum atomic E-state index is 13.2. The number of carbonyl (C=O) groups is 2. The summed E-state index contributed by atoms with van der Waals surface area (Å²) >= 11 is 0. The van der Waals surface area contributed by atoms with Gasteiger partial charge in [-0.15, -0.1) is 0 Å². The topological polar surface area (TPSA) is 132 Å². The predicted octanol–water partition coefficient (Wildman–Crippen LogP) is 3.63. The quantitative estimate of drug-likeness (QED) is 0.180. The Hall–Kier alpha value is -4.73. The zero-order valence-electron chi connectivity index (χ0n) is 18.9. The second-order valence-corrected chi connectivity index (χ2v) is 7.71. The number of methoxy groups -OCH3 is 2. The Kier molecular flexibility index (Phi) is 6.45. The van der Waals surface area contributed by atoms with Crippen molar-refractivity contribution in [3.63, 3.8) is 0 Å². The van der Waals surface area contributed by atoms with Crippen LogP contribution >= 0.6 is 0 Å². The fraction of sp³-hybridized carbons (Fsp3) is 0.160. The Morgan fingerprint density at radius 1 is 1.09 bits per heavy atom. The molecule has 0 spiro atoms. The first kappa shape index (κ1) is 23.4. The van der Waals surface area contributed by atoms with Crippen LogP contribution in [0.5, 0.6) is 11.5 Å². The van der Waals surface area contributed by atoms with Crippen molar-refractivity contribution in [3.8, 4) is 11.5 Å². The highest BCUT2D eigenvalue weighted by Crippen LogP contribution is 2.41. The van der Waals surface area contributed by atoms with E-state index in [1.165, 1.54) is 55.5 Å². The number of nitro groups is 1. The van der Waals surface area contributed by atoms with E-state index in [0.29, 0.717) is 22.6 Å². The number of hydrogen-bond donors (Lipinski definition) is 1. The number of hydrogen-bond acceptors (Lipinski definition) is 8. The van der Waals surface area contributed by atoms with Gasteiger partial charge >= 0.3 is 0 Å². The van der Waals surface area contributed by atoms with Crippen molar-refractivity contribution in [2.24, 2.45) is 0 Å². The number of amides is 1. The monoisotopic (exact) mass is 475 g/mol. The van der Waals surface area contributed by atoms with E-state index in [4.69, 9.17) is 9.47 Å². The van der Waals surface area contributed by atoms with Crippen LogP contribution in [0.15, 0.2) is 72.6 Å². The Morgan fingerprint density at radius 3 is 2.40 bits per heavy atom. The van der Waals surface area contributed by atoms with E-state index in [-0.39, 0.29) is 23.4 Å². The van der Waals surface area contributed by atoms with Crippen molar-refractivity contribution in [2.45, 2.75) is 12.6 Å². The van der Waals surface area contributed by atoms with Gasteiger partial charge in [0, 0.05) is 36.6 Å². The van der Waals surface area contributed by atoms with Gasteiger partial charge in [0.1, 0.15) is 5.76 Å². The molecule has 10 heteroatoms. The van der Waals surface area contributed by atoms with Gasteiger partial charge in [-0.05, 0) is 47.5 Å². The molecule has 0 radical (unpaired) electrons. The number of ketones is 1. The zero-order valence-corrected chi connectivity index (χ0v) is 18.9. The van der Waals surface area contributed by atoms with Crippen molar-refractivity contribution in [3.05, 3.63) is 99.4 Å². The smallest absolute Gasteiger partial charge is 0.295 e. The third-order valence-corrected chi connectivity index (χ3v) is 5.69. The summed E-state index contributed by atoms with van der Waals surface area (Å²) in [5.74, 6) is -1.33. The fourth-order valence-corrected chi connectivity index (χ4v) is 4.00. The summed E-state index contributed by atoms with van der Waals surface area (Å²) in [6.07, 6.45) is 3.16. The van der Waals surface area contributed by atoms with Crippen molar-refractivity contribution in [2.75, 3.05) is 14.2 Å². The van der Waals surface area contributed by atoms with Crippen LogP contribution in [0.2, 0.25) is 0 Å². The Morgan fingerprint density at radius 2 is 1.80 bits per heavy atom. The average Bonchev–Trinajstić information content (AvgIpc) is 3.13. The van der Waals surface area contributed by atoms with E-state index in [9.17, 15) is 24.8 Å². The lowest BCUT2D eigenvalue weighted by atomic mass is 9.95. The van der Waals surface area contributed by atoms with Crippen LogP contribution in [0.1, 0.15) is 22.7 Å². The molecule has 0 saturated carbocycles. The highest BCUT2D eigenvalue weighted by molar-refractivity contribution is 6.46. The summed E-state index contributed by atoms with van der Waals surface area (Å²) in [6.45, 7) is 0.0444. The minimum atomic E-state index is -0.982. The Bertz CT molecular complexity index is 1320. The van der Waals surface area contributed by atoms with Crippen molar-refractivity contribution < 1.29 is 29.1 Å². The lowest BCUT2D eigenvalue weighted by Gasteiger charge is -2.25. The first-order valence-corrected chi connectivity index (χ1v) is 10.5. The van der Waals surface area contributed by atoms with Crippen LogP contribution in [0.4, 0.5) is 5.69 Å². The summed E-state index contributed by atoms with van der Waals surface area (Å²) in [6, 6.07) is 12.6. The molecule has 0 unspecified atom stereocenters. The van der Waals surface area contributed by atoms with Crippen LogP contribution < -0.4 is 9.47 Å². The number of aliphatic hydroxyl groups excluding tert-OH is 1. The second kappa shape index (κ2) is 9.64. The number of nitro benzene ring substituents is 1. The summed E-state index contributed by atoms with van der Waals surface area (Å²) in [5.41, 5.74) is 1.07. The molecule has 0 aliphatic carbocycles. The molecule has 0 bridgehead atoms. The molecule has 178 valence electrons. The highest BCUT2D eigenvalue weighted by Gasteiger charge is 2.46. The zero-order chi connectivity index (χ0) is 25.1. The number of benzene rings is 2. The predicted molar refractivity (Wildman–Crippen MR) is 125 cm³/mol. The van der Waals surface area contributed by atoms with Crippen LogP contribution in [0, 0.1) is 10.1 Å². The molecule has 1 N–H and O–H groups in total. The normalized spacial score (nSPS) is 16.9. The molecule has 1 aliphatic rings. The fourth-order valence-electron chi connectivity index (χ4n) is 4.00. The minimum absolute atomic E-state index is 0.0444. The first-order chi connectivity index (χ1) is 16.8. The number of non-ortho nitro benzene ring substituents is 1. The van der Waals surface area contributed by atoms with E-state index < -0.39 is 28.4 Å². The number of Topliss-reactive ketones (excluding diaryl/α,β-unsaturated/α-hetero) is 1. The second-order valence-electron chi connectivity index (χ2n) is 7.71. The Balaban J connectivity index is 1.87. The van der Waals surface area contributed by atoms with Gasteiger partial charge in [-0.3, -0.25) is 24.7 Å². The molecule has 1 fully saturated rings. The number of likely N-dealkylation sites (tertiary alicyclic amines) is 1. The van der Waals surface area contributed by atoms with Gasteiger partial charge in [0.25, 0.3) is 17.4 Å². The third kappa shape index (κ3) is 4.41. The molecule has 1 saturated heterocycles. The average molecular weight is 475 g/mol. The molecule has 4 rings (SSSR count). The molecule has 1 aromatic heterocycles. The molecule has 3 aromatic rings. The largest absolute Gasteiger partial charge is 0.507 e. The number of carbonyl (C=O) groups excluding carboxylic acids is 2. The van der Waals surface area contributed by atoms with Crippen LogP contribution in [0.25, 0.3) is 5.76 Å². The lowest BCUT2D eigenvalue weighted by molar-refractivity contribution is -0.384. The Labute approximate surface area is 200 Å². The summed E-state index contributed by atoms with van der Waals surface area (Å²) in [7, 11) is 2.90. The van der Waals surface area contributed by atoms with Crippen molar-refractivity contribution >= 4 is 23.1 Å². The van der Waals surface area contributed by atoms with Gasteiger partial charge in [-0.25, -0.2) is 0 Å². The molecule has 1 atom stereocenters. The standard InChI is InChI=1S/C25H21N3O7/c1-34-19-10-7-17(12-20(19)35-2)23(29)21-22(16-5-8-18(9-6-16)28(32)33)27(25(31)24(21)30)14-15-4-3-11-26-13-15/h3-13,22,29H,14H2,1-2H3/t22-/m0/s1. The number of ether oxygens (including phenoxy) is 2. The van der Waals surface area contributed by atoms with Gasteiger partial charge in [0.05, 0.1) is 30.8 Å². The maximum absolute atomic E-state index is 13.2. The third-order valence-electron chi connectivity index (χ3n) is 5.69. The molecule has 10 nitrogen and oxygen atoms in total. The number of aliphatic hydroxyl groups is 1. The van der Waals surface area contributed by atoms with Crippen LogP contribution in [0.3, 0.4) is 0 Å². The van der Waals surface area contributed by atoms with Crippen LogP contribution in [-0.4, -0.2) is 45.8 Å². The molecule has 35 heavy (non-hydrogen) atoms. The number of pyridine rings is 1. The lowest BCUT2D eigenvalue weighted by Crippen LogP contribution is -2.29. The van der Waals surface area contributed by atoms with Gasteiger partial charge in [0.2, 0.25) is 0 Å². The van der Waals surface area contributed by atoms with Crippen LogP contribution in [-0.2, 0) is 16.1 Å².